The summed E-state index contributed by atoms with van der Waals surface area (Å²) in [4.78, 5) is 17.1. The average molecular weight is 360 g/mol. The fourth-order valence-corrected chi connectivity index (χ4v) is 3.62. The van der Waals surface area contributed by atoms with Crippen molar-refractivity contribution in [2.24, 2.45) is 0 Å². The molecule has 0 N–H and O–H groups in total. The van der Waals surface area contributed by atoms with E-state index in [1.54, 1.807) is 0 Å². The molecule has 3 aromatic rings. The van der Waals surface area contributed by atoms with Gasteiger partial charge in [0, 0.05) is 43.1 Å². The first kappa shape index (κ1) is 17.3. The van der Waals surface area contributed by atoms with Gasteiger partial charge in [-0.05, 0) is 56.3 Å². The van der Waals surface area contributed by atoms with E-state index in [1.165, 1.54) is 5.69 Å². The van der Waals surface area contributed by atoms with Crippen molar-refractivity contribution < 1.29 is 4.79 Å². The Bertz CT molecular complexity index is 923. The van der Waals surface area contributed by atoms with Crippen molar-refractivity contribution in [3.63, 3.8) is 0 Å². The molecule has 1 aromatic heterocycles. The molecule has 27 heavy (non-hydrogen) atoms. The lowest BCUT2D eigenvalue weighted by atomic mass is 10.1. The third-order valence-corrected chi connectivity index (χ3v) is 5.06. The van der Waals surface area contributed by atoms with Gasteiger partial charge in [-0.2, -0.15) is 5.10 Å². The molecule has 2 aromatic carbocycles. The summed E-state index contributed by atoms with van der Waals surface area (Å²) < 4.78 is 1.90. The zero-order valence-electron chi connectivity index (χ0n) is 15.8. The second-order valence-corrected chi connectivity index (χ2v) is 7.00. The van der Waals surface area contributed by atoms with Crippen molar-refractivity contribution in [3.05, 3.63) is 77.6 Å². The van der Waals surface area contributed by atoms with Crippen LogP contribution in [0.4, 0.5) is 5.69 Å². The molecule has 0 spiro atoms. The van der Waals surface area contributed by atoms with Gasteiger partial charge in [0.15, 0.2) is 0 Å². The lowest BCUT2D eigenvalue weighted by Crippen LogP contribution is -2.48. The van der Waals surface area contributed by atoms with Crippen LogP contribution in [0.25, 0.3) is 5.69 Å². The molecule has 0 radical (unpaired) electrons. The molecule has 0 atom stereocenters. The molecule has 5 heteroatoms. The highest BCUT2D eigenvalue weighted by molar-refractivity contribution is 5.94. The van der Waals surface area contributed by atoms with Gasteiger partial charge in [0.05, 0.1) is 11.4 Å². The number of hydrogen-bond donors (Lipinski definition) is 0. The van der Waals surface area contributed by atoms with Gasteiger partial charge in [-0.1, -0.05) is 18.2 Å². The van der Waals surface area contributed by atoms with E-state index in [-0.39, 0.29) is 5.91 Å². The van der Waals surface area contributed by atoms with Crippen LogP contribution in [0.2, 0.25) is 0 Å². The predicted molar refractivity (Wildman–Crippen MR) is 108 cm³/mol. The van der Waals surface area contributed by atoms with Crippen LogP contribution in [-0.4, -0.2) is 46.8 Å². The van der Waals surface area contributed by atoms with Crippen LogP contribution in [0.3, 0.4) is 0 Å². The van der Waals surface area contributed by atoms with Crippen molar-refractivity contribution in [1.29, 1.82) is 0 Å². The van der Waals surface area contributed by atoms with Crippen LogP contribution >= 0.6 is 0 Å². The van der Waals surface area contributed by atoms with Crippen LogP contribution < -0.4 is 4.90 Å². The molecule has 1 amide bonds. The number of anilines is 1. The molecule has 1 aliphatic rings. The Morgan fingerprint density at radius 1 is 0.852 bits per heavy atom. The maximum atomic E-state index is 12.8. The molecule has 5 nitrogen and oxygen atoms in total. The lowest BCUT2D eigenvalue weighted by molar-refractivity contribution is 0.0747. The molecular formula is C22H24N4O. The molecule has 0 unspecified atom stereocenters. The van der Waals surface area contributed by atoms with Gasteiger partial charge in [-0.15, -0.1) is 0 Å². The van der Waals surface area contributed by atoms with Crippen LogP contribution in [0, 0.1) is 13.8 Å². The smallest absolute Gasteiger partial charge is 0.253 e. The molecule has 1 aliphatic heterocycles. The van der Waals surface area contributed by atoms with Gasteiger partial charge >= 0.3 is 0 Å². The van der Waals surface area contributed by atoms with Crippen LogP contribution in [-0.2, 0) is 0 Å². The first-order valence-corrected chi connectivity index (χ1v) is 9.35. The zero-order chi connectivity index (χ0) is 18.8. The minimum absolute atomic E-state index is 0.0997. The van der Waals surface area contributed by atoms with Gasteiger partial charge in [0.1, 0.15) is 0 Å². The molecule has 4 rings (SSSR count). The number of carbonyl (C=O) groups excluding carboxylic acids is 1. The van der Waals surface area contributed by atoms with Gasteiger partial charge in [0.25, 0.3) is 5.91 Å². The highest BCUT2D eigenvalue weighted by atomic mass is 16.2. The fraction of sp³-hybridized carbons (Fsp3) is 0.273. The number of para-hydroxylation sites is 1. The lowest BCUT2D eigenvalue weighted by Gasteiger charge is -2.36. The summed E-state index contributed by atoms with van der Waals surface area (Å²) in [5.74, 6) is 0.0997. The number of amides is 1. The molecule has 0 saturated carbocycles. The van der Waals surface area contributed by atoms with E-state index < -0.39 is 0 Å². The molecule has 0 bridgehead atoms. The number of benzene rings is 2. The second-order valence-electron chi connectivity index (χ2n) is 7.00. The van der Waals surface area contributed by atoms with E-state index in [1.807, 2.05) is 59.8 Å². The Balaban J connectivity index is 1.42. The quantitative estimate of drug-likeness (QED) is 0.718. The number of hydrogen-bond acceptors (Lipinski definition) is 3. The van der Waals surface area contributed by atoms with E-state index in [2.05, 4.69) is 34.3 Å². The summed E-state index contributed by atoms with van der Waals surface area (Å²) in [5, 5.41) is 4.50. The van der Waals surface area contributed by atoms with E-state index in [0.717, 1.165) is 48.8 Å². The van der Waals surface area contributed by atoms with Crippen molar-refractivity contribution >= 4 is 11.6 Å². The maximum Gasteiger partial charge on any atom is 0.253 e. The van der Waals surface area contributed by atoms with Crippen molar-refractivity contribution in [1.82, 2.24) is 14.7 Å². The minimum atomic E-state index is 0.0997. The molecule has 1 fully saturated rings. The normalized spacial score (nSPS) is 14.4. The van der Waals surface area contributed by atoms with Gasteiger partial charge in [0.2, 0.25) is 0 Å². The molecule has 1 saturated heterocycles. The SMILES string of the molecule is Cc1cc(C)n(-c2ccc(C(=O)N3CCN(c4ccccc4)CC3)cc2)n1. The Hall–Kier alpha value is -3.08. The number of rotatable bonds is 3. The van der Waals surface area contributed by atoms with Crippen molar-refractivity contribution in [2.45, 2.75) is 13.8 Å². The molecule has 2 heterocycles. The highest BCUT2D eigenvalue weighted by Gasteiger charge is 2.22. The van der Waals surface area contributed by atoms with Crippen LogP contribution in [0.5, 0.6) is 0 Å². The largest absolute Gasteiger partial charge is 0.368 e. The molecule has 0 aliphatic carbocycles. The van der Waals surface area contributed by atoms with Crippen LogP contribution in [0.1, 0.15) is 21.7 Å². The van der Waals surface area contributed by atoms with E-state index >= 15 is 0 Å². The van der Waals surface area contributed by atoms with E-state index in [4.69, 9.17) is 0 Å². The van der Waals surface area contributed by atoms with E-state index in [9.17, 15) is 4.79 Å². The van der Waals surface area contributed by atoms with Crippen LogP contribution in [0.15, 0.2) is 60.7 Å². The molecular weight excluding hydrogens is 336 g/mol. The Morgan fingerprint density at radius 3 is 2.11 bits per heavy atom. The summed E-state index contributed by atoms with van der Waals surface area (Å²) in [7, 11) is 0. The second kappa shape index (κ2) is 7.27. The number of aromatic nitrogens is 2. The fourth-order valence-electron chi connectivity index (χ4n) is 3.62. The van der Waals surface area contributed by atoms with Crippen molar-refractivity contribution in [3.8, 4) is 5.69 Å². The number of nitrogens with zero attached hydrogens (tertiary/aromatic N) is 4. The third-order valence-electron chi connectivity index (χ3n) is 5.06. The third kappa shape index (κ3) is 3.58. The zero-order valence-corrected chi connectivity index (χ0v) is 15.8. The summed E-state index contributed by atoms with van der Waals surface area (Å²) in [5.41, 5.74) is 5.01. The summed E-state index contributed by atoms with van der Waals surface area (Å²) in [6.07, 6.45) is 0. The summed E-state index contributed by atoms with van der Waals surface area (Å²) >= 11 is 0. The standard InChI is InChI=1S/C22H24N4O/c1-17-16-18(2)26(23-17)21-10-8-19(9-11-21)22(27)25-14-12-24(13-15-25)20-6-4-3-5-7-20/h3-11,16H,12-15H2,1-2H3. The Morgan fingerprint density at radius 2 is 1.52 bits per heavy atom. The number of piperazine rings is 1. The number of carbonyl (C=O) groups is 1. The first-order chi connectivity index (χ1) is 13.1. The Labute approximate surface area is 159 Å². The highest BCUT2D eigenvalue weighted by Crippen LogP contribution is 2.18. The first-order valence-electron chi connectivity index (χ1n) is 9.35. The summed E-state index contributed by atoms with van der Waals surface area (Å²) in [6, 6.07) is 20.2. The van der Waals surface area contributed by atoms with E-state index in [0.29, 0.717) is 0 Å². The van der Waals surface area contributed by atoms with Crippen molar-refractivity contribution in [2.75, 3.05) is 31.1 Å². The van der Waals surface area contributed by atoms with Gasteiger partial charge in [-0.3, -0.25) is 4.79 Å². The van der Waals surface area contributed by atoms with Gasteiger partial charge in [-0.25, -0.2) is 4.68 Å². The minimum Gasteiger partial charge on any atom is -0.368 e. The topological polar surface area (TPSA) is 41.4 Å². The Kier molecular flexibility index (Phi) is 4.67. The predicted octanol–water partition coefficient (Wildman–Crippen LogP) is 3.45. The maximum absolute atomic E-state index is 12.8. The van der Waals surface area contributed by atoms with Gasteiger partial charge < -0.3 is 9.80 Å². The monoisotopic (exact) mass is 360 g/mol. The summed E-state index contributed by atoms with van der Waals surface area (Å²) in [6.45, 7) is 7.22. The number of aryl methyl sites for hydroxylation is 2. The average Bonchev–Trinajstić information content (AvgIpc) is 3.06. The molecule has 138 valence electrons.